The third kappa shape index (κ3) is 3.79. The molecular formula is C9H15NO. The van der Waals surface area contributed by atoms with Crippen LogP contribution in [-0.2, 0) is 4.79 Å². The van der Waals surface area contributed by atoms with Crippen molar-refractivity contribution in [2.75, 3.05) is 14.1 Å². The Balaban J connectivity index is 4.38. The first-order chi connectivity index (χ1) is 4.86. The largest absolute Gasteiger partial charge is 0.294 e. The number of rotatable bonds is 1. The van der Waals surface area contributed by atoms with Gasteiger partial charge in [0.05, 0.1) is 5.54 Å². The number of Topliss-reactive ketones (excluding diaryl/α,β-unsaturated/α-hetero) is 1. The molecular weight excluding hydrogens is 138 g/mol. The number of ketones is 1. The van der Waals surface area contributed by atoms with Crippen LogP contribution < -0.4 is 0 Å². The minimum Gasteiger partial charge on any atom is -0.294 e. The van der Waals surface area contributed by atoms with Gasteiger partial charge in [-0.15, -0.1) is 0 Å². The zero-order valence-corrected chi connectivity index (χ0v) is 7.86. The molecule has 0 bridgehead atoms. The summed E-state index contributed by atoms with van der Waals surface area (Å²) in [5.74, 6) is 5.34. The molecule has 0 aliphatic carbocycles. The molecule has 62 valence electrons. The van der Waals surface area contributed by atoms with Crippen LogP contribution in [0.15, 0.2) is 0 Å². The van der Waals surface area contributed by atoms with Gasteiger partial charge in [0.25, 0.3) is 0 Å². The number of hydrogen-bond donors (Lipinski definition) is 0. The standard InChI is InChI=1S/C9H15NO/c1-8(11)6-7-9(2,3)10(4)5/h1-5H3. The molecule has 0 N–H and O–H groups in total. The van der Waals surface area contributed by atoms with E-state index in [-0.39, 0.29) is 11.3 Å². The van der Waals surface area contributed by atoms with Crippen molar-refractivity contribution in [2.24, 2.45) is 0 Å². The second-order valence-corrected chi connectivity index (χ2v) is 3.26. The highest BCUT2D eigenvalue weighted by molar-refractivity contribution is 5.93. The smallest absolute Gasteiger partial charge is 0.202 e. The fraction of sp³-hybridized carbons (Fsp3) is 0.667. The van der Waals surface area contributed by atoms with Gasteiger partial charge in [0.1, 0.15) is 0 Å². The van der Waals surface area contributed by atoms with E-state index < -0.39 is 0 Å². The summed E-state index contributed by atoms with van der Waals surface area (Å²) in [6.45, 7) is 5.42. The normalized spacial score (nSPS) is 10.7. The highest BCUT2D eigenvalue weighted by atomic mass is 16.1. The Morgan fingerprint density at radius 1 is 1.36 bits per heavy atom. The molecule has 0 aromatic heterocycles. The Morgan fingerprint density at radius 2 is 1.82 bits per heavy atom. The lowest BCUT2D eigenvalue weighted by atomic mass is 10.1. The predicted molar refractivity (Wildman–Crippen MR) is 46.2 cm³/mol. The number of carbonyl (C=O) groups is 1. The van der Waals surface area contributed by atoms with Gasteiger partial charge in [-0.25, -0.2) is 0 Å². The van der Waals surface area contributed by atoms with Crippen LogP contribution in [-0.4, -0.2) is 30.3 Å². The van der Waals surface area contributed by atoms with Crippen LogP contribution in [0.25, 0.3) is 0 Å². The minimum absolute atomic E-state index is 0.0834. The van der Waals surface area contributed by atoms with Gasteiger partial charge in [0, 0.05) is 6.92 Å². The predicted octanol–water partition coefficient (Wildman–Crippen LogP) is 0.919. The Kier molecular flexibility index (Phi) is 3.28. The fourth-order valence-corrected chi connectivity index (χ4v) is 0.353. The van der Waals surface area contributed by atoms with Crippen molar-refractivity contribution >= 4 is 5.78 Å². The first-order valence-corrected chi connectivity index (χ1v) is 3.57. The van der Waals surface area contributed by atoms with Crippen LogP contribution in [0.1, 0.15) is 20.8 Å². The summed E-state index contributed by atoms with van der Waals surface area (Å²) in [5, 5.41) is 0. The lowest BCUT2D eigenvalue weighted by Crippen LogP contribution is -2.36. The van der Waals surface area contributed by atoms with E-state index in [4.69, 9.17) is 0 Å². The van der Waals surface area contributed by atoms with Gasteiger partial charge in [0.2, 0.25) is 5.78 Å². The van der Waals surface area contributed by atoms with E-state index in [1.165, 1.54) is 6.92 Å². The maximum absolute atomic E-state index is 10.5. The first-order valence-electron chi connectivity index (χ1n) is 3.57. The van der Waals surface area contributed by atoms with E-state index >= 15 is 0 Å². The molecule has 0 saturated carbocycles. The van der Waals surface area contributed by atoms with E-state index in [0.29, 0.717) is 0 Å². The van der Waals surface area contributed by atoms with Gasteiger partial charge in [-0.2, -0.15) is 0 Å². The molecule has 0 saturated heterocycles. The Morgan fingerprint density at radius 3 is 2.09 bits per heavy atom. The summed E-state index contributed by atoms with van der Waals surface area (Å²) in [6, 6.07) is 0. The molecule has 0 atom stereocenters. The van der Waals surface area contributed by atoms with Gasteiger partial charge < -0.3 is 0 Å². The van der Waals surface area contributed by atoms with Crippen molar-refractivity contribution < 1.29 is 4.79 Å². The fourth-order valence-electron chi connectivity index (χ4n) is 0.353. The van der Waals surface area contributed by atoms with Crippen LogP contribution >= 0.6 is 0 Å². The van der Waals surface area contributed by atoms with Crippen molar-refractivity contribution in [1.29, 1.82) is 0 Å². The molecule has 0 unspecified atom stereocenters. The van der Waals surface area contributed by atoms with Gasteiger partial charge in [-0.1, -0.05) is 5.92 Å². The second-order valence-electron chi connectivity index (χ2n) is 3.26. The van der Waals surface area contributed by atoms with Gasteiger partial charge in [-0.05, 0) is 33.9 Å². The quantitative estimate of drug-likeness (QED) is 0.412. The monoisotopic (exact) mass is 153 g/mol. The molecule has 0 aromatic carbocycles. The van der Waals surface area contributed by atoms with Crippen LogP contribution in [0.4, 0.5) is 0 Å². The maximum atomic E-state index is 10.5. The highest BCUT2D eigenvalue weighted by Gasteiger charge is 2.16. The molecule has 0 spiro atoms. The Hall–Kier alpha value is -0.810. The van der Waals surface area contributed by atoms with Crippen molar-refractivity contribution in [3.8, 4) is 11.8 Å². The van der Waals surface area contributed by atoms with E-state index in [9.17, 15) is 4.79 Å². The zero-order chi connectivity index (χ0) is 9.07. The molecule has 0 fully saturated rings. The molecule has 0 heterocycles. The summed E-state index contributed by atoms with van der Waals surface area (Å²) in [4.78, 5) is 12.5. The van der Waals surface area contributed by atoms with Crippen LogP contribution in [0, 0.1) is 11.8 Å². The van der Waals surface area contributed by atoms with Crippen LogP contribution in [0.3, 0.4) is 0 Å². The molecule has 11 heavy (non-hydrogen) atoms. The third-order valence-electron chi connectivity index (χ3n) is 1.66. The van der Waals surface area contributed by atoms with E-state index in [0.717, 1.165) is 0 Å². The van der Waals surface area contributed by atoms with E-state index in [1.54, 1.807) is 0 Å². The molecule has 0 amide bonds. The molecule has 2 nitrogen and oxygen atoms in total. The lowest BCUT2D eigenvalue weighted by molar-refractivity contribution is -0.111. The summed E-state index contributed by atoms with van der Waals surface area (Å²) >= 11 is 0. The Labute approximate surface area is 68.6 Å². The minimum atomic E-state index is -0.217. The SMILES string of the molecule is CC(=O)C#CC(C)(C)N(C)C. The summed E-state index contributed by atoms with van der Waals surface area (Å²) in [6.07, 6.45) is 0. The third-order valence-corrected chi connectivity index (χ3v) is 1.66. The lowest BCUT2D eigenvalue weighted by Gasteiger charge is -2.26. The number of nitrogens with zero attached hydrogens (tertiary/aromatic N) is 1. The van der Waals surface area contributed by atoms with Crippen molar-refractivity contribution in [3.05, 3.63) is 0 Å². The van der Waals surface area contributed by atoms with Crippen molar-refractivity contribution in [1.82, 2.24) is 4.90 Å². The molecule has 0 rings (SSSR count). The number of hydrogen-bond acceptors (Lipinski definition) is 2. The molecule has 0 radical (unpaired) electrons. The van der Waals surface area contributed by atoms with E-state index in [1.807, 2.05) is 32.8 Å². The van der Waals surface area contributed by atoms with Crippen molar-refractivity contribution in [2.45, 2.75) is 26.3 Å². The average molecular weight is 153 g/mol. The summed E-state index contributed by atoms with van der Waals surface area (Å²) in [7, 11) is 3.88. The average Bonchev–Trinajstić information content (AvgIpc) is 1.84. The Bertz CT molecular complexity index is 205. The van der Waals surface area contributed by atoms with Gasteiger partial charge in [-0.3, -0.25) is 9.69 Å². The summed E-state index contributed by atoms with van der Waals surface area (Å²) in [5.41, 5.74) is -0.217. The van der Waals surface area contributed by atoms with E-state index in [2.05, 4.69) is 11.8 Å². The first kappa shape index (κ1) is 10.2. The second kappa shape index (κ2) is 3.54. The molecule has 2 heteroatoms. The van der Waals surface area contributed by atoms with Gasteiger partial charge >= 0.3 is 0 Å². The number of carbonyl (C=O) groups excluding carboxylic acids is 1. The van der Waals surface area contributed by atoms with Gasteiger partial charge in [0.15, 0.2) is 0 Å². The topological polar surface area (TPSA) is 20.3 Å². The highest BCUT2D eigenvalue weighted by Crippen LogP contribution is 2.06. The molecule has 0 aromatic rings. The molecule has 0 aliphatic rings. The summed E-state index contributed by atoms with van der Waals surface area (Å²) < 4.78 is 0. The molecule has 0 aliphatic heterocycles. The zero-order valence-electron chi connectivity index (χ0n) is 7.86. The van der Waals surface area contributed by atoms with Crippen molar-refractivity contribution in [3.63, 3.8) is 0 Å². The maximum Gasteiger partial charge on any atom is 0.202 e. The van der Waals surface area contributed by atoms with Crippen LogP contribution in [0.5, 0.6) is 0 Å². The van der Waals surface area contributed by atoms with Crippen LogP contribution in [0.2, 0.25) is 0 Å².